The molecule has 31 heavy (non-hydrogen) atoms. The molecule has 0 atom stereocenters. The van der Waals surface area contributed by atoms with E-state index in [2.05, 4.69) is 22.8 Å². The zero-order valence-corrected chi connectivity index (χ0v) is 18.5. The second kappa shape index (κ2) is 9.94. The monoisotopic (exact) mass is 415 g/mol. The van der Waals surface area contributed by atoms with Crippen molar-refractivity contribution >= 4 is 28.9 Å². The van der Waals surface area contributed by atoms with Gasteiger partial charge in [-0.1, -0.05) is 35.9 Å². The minimum atomic E-state index is -0.114. The number of amides is 2. The summed E-state index contributed by atoms with van der Waals surface area (Å²) in [5, 5.41) is 6.10. The average molecular weight is 416 g/mol. The number of hydrogen-bond donors (Lipinski definition) is 2. The number of rotatable bonds is 7. The van der Waals surface area contributed by atoms with Crippen LogP contribution in [-0.4, -0.2) is 24.9 Å². The molecule has 2 amide bonds. The van der Waals surface area contributed by atoms with Crippen LogP contribution >= 0.6 is 0 Å². The highest BCUT2D eigenvalue weighted by Crippen LogP contribution is 2.22. The minimum absolute atomic E-state index is 0.0525. The van der Waals surface area contributed by atoms with E-state index in [0.717, 1.165) is 28.2 Å². The van der Waals surface area contributed by atoms with Gasteiger partial charge in [-0.25, -0.2) is 0 Å². The van der Waals surface area contributed by atoms with E-state index < -0.39 is 0 Å². The van der Waals surface area contributed by atoms with Crippen LogP contribution in [-0.2, 0) is 4.79 Å². The molecule has 0 unspecified atom stereocenters. The van der Waals surface area contributed by atoms with E-state index in [4.69, 9.17) is 0 Å². The predicted octanol–water partition coefficient (Wildman–Crippen LogP) is 5.33. The molecule has 0 bridgehead atoms. The van der Waals surface area contributed by atoms with Crippen LogP contribution in [0.4, 0.5) is 17.1 Å². The number of carbonyl (C=O) groups excluding carboxylic acids is 2. The summed E-state index contributed by atoms with van der Waals surface area (Å²) in [6.45, 7) is 8.71. The average Bonchev–Trinajstić information content (AvgIpc) is 2.76. The molecule has 0 aliphatic heterocycles. The van der Waals surface area contributed by atoms with E-state index in [-0.39, 0.29) is 18.4 Å². The van der Waals surface area contributed by atoms with Gasteiger partial charge in [-0.15, -0.1) is 0 Å². The van der Waals surface area contributed by atoms with Crippen molar-refractivity contribution in [1.29, 1.82) is 0 Å². The molecule has 0 spiro atoms. The normalized spacial score (nSPS) is 10.5. The lowest BCUT2D eigenvalue weighted by molar-refractivity contribution is -0.114. The molecule has 3 aromatic rings. The van der Waals surface area contributed by atoms with E-state index >= 15 is 0 Å². The lowest BCUT2D eigenvalue weighted by atomic mass is 10.1. The third kappa shape index (κ3) is 5.51. The fourth-order valence-electron chi connectivity index (χ4n) is 3.68. The van der Waals surface area contributed by atoms with Gasteiger partial charge in [0.1, 0.15) is 0 Å². The molecule has 0 radical (unpaired) electrons. The lowest BCUT2D eigenvalue weighted by Crippen LogP contribution is -2.30. The van der Waals surface area contributed by atoms with Crippen molar-refractivity contribution in [3.05, 3.63) is 89.0 Å². The molecular formula is C26H29N3O2. The first-order valence-corrected chi connectivity index (χ1v) is 10.5. The standard InChI is InChI=1S/C26H29N3O2/c1-5-29(23-9-7-6-8-10-23)26(31)21-11-13-22(14-12-21)27-17-24(30)28-25-19(3)15-18(2)16-20(25)4/h6-16,27H,5,17H2,1-4H3,(H,28,30). The minimum Gasteiger partial charge on any atom is -0.376 e. The molecule has 2 N–H and O–H groups in total. The fraction of sp³-hybridized carbons (Fsp3) is 0.231. The zero-order valence-electron chi connectivity index (χ0n) is 18.5. The van der Waals surface area contributed by atoms with Crippen molar-refractivity contribution in [1.82, 2.24) is 0 Å². The van der Waals surface area contributed by atoms with E-state index in [1.807, 2.05) is 70.2 Å². The molecule has 5 heteroatoms. The van der Waals surface area contributed by atoms with Crippen LogP contribution in [0.2, 0.25) is 0 Å². The van der Waals surface area contributed by atoms with E-state index in [1.165, 1.54) is 5.56 Å². The summed E-state index contributed by atoms with van der Waals surface area (Å²) in [6, 6.07) is 20.9. The van der Waals surface area contributed by atoms with Crippen LogP contribution in [0.1, 0.15) is 34.0 Å². The van der Waals surface area contributed by atoms with Crippen LogP contribution < -0.4 is 15.5 Å². The van der Waals surface area contributed by atoms with Gasteiger partial charge in [0.15, 0.2) is 0 Å². The van der Waals surface area contributed by atoms with E-state index in [0.29, 0.717) is 12.1 Å². The number of nitrogens with one attached hydrogen (secondary N) is 2. The van der Waals surface area contributed by atoms with Gasteiger partial charge in [-0.05, 0) is 75.2 Å². The predicted molar refractivity (Wildman–Crippen MR) is 128 cm³/mol. The largest absolute Gasteiger partial charge is 0.376 e. The Morgan fingerprint density at radius 2 is 1.48 bits per heavy atom. The number of benzene rings is 3. The highest BCUT2D eigenvalue weighted by Gasteiger charge is 2.16. The van der Waals surface area contributed by atoms with Crippen LogP contribution in [0.3, 0.4) is 0 Å². The van der Waals surface area contributed by atoms with Gasteiger partial charge in [0.05, 0.1) is 6.54 Å². The maximum absolute atomic E-state index is 12.9. The number of aryl methyl sites for hydroxylation is 3. The highest BCUT2D eigenvalue weighted by molar-refractivity contribution is 6.06. The van der Waals surface area contributed by atoms with E-state index in [1.54, 1.807) is 17.0 Å². The van der Waals surface area contributed by atoms with Crippen molar-refractivity contribution < 1.29 is 9.59 Å². The lowest BCUT2D eigenvalue weighted by Gasteiger charge is -2.21. The maximum atomic E-state index is 12.9. The van der Waals surface area contributed by atoms with Crippen molar-refractivity contribution in [3.63, 3.8) is 0 Å². The first kappa shape index (κ1) is 22.1. The quantitative estimate of drug-likeness (QED) is 0.548. The smallest absolute Gasteiger partial charge is 0.258 e. The van der Waals surface area contributed by atoms with Crippen molar-refractivity contribution in [3.8, 4) is 0 Å². The molecule has 3 aromatic carbocycles. The summed E-state index contributed by atoms with van der Waals surface area (Å²) in [4.78, 5) is 27.0. The van der Waals surface area contributed by atoms with Gasteiger partial charge in [0.25, 0.3) is 5.91 Å². The number of anilines is 3. The summed E-state index contributed by atoms with van der Waals surface area (Å²) in [5.74, 6) is -0.167. The van der Waals surface area contributed by atoms with Crippen LogP contribution in [0.25, 0.3) is 0 Å². The molecule has 0 heterocycles. The topological polar surface area (TPSA) is 61.4 Å². The molecule has 0 fully saturated rings. The Morgan fingerprint density at radius 1 is 0.871 bits per heavy atom. The second-order valence-electron chi connectivity index (χ2n) is 7.64. The van der Waals surface area contributed by atoms with Crippen molar-refractivity contribution in [2.45, 2.75) is 27.7 Å². The third-order valence-corrected chi connectivity index (χ3v) is 5.16. The molecule has 0 saturated carbocycles. The van der Waals surface area contributed by atoms with Gasteiger partial charge in [-0.2, -0.15) is 0 Å². The summed E-state index contributed by atoms with van der Waals surface area (Å²) >= 11 is 0. The van der Waals surface area contributed by atoms with Crippen LogP contribution in [0.5, 0.6) is 0 Å². The number of nitrogens with zero attached hydrogens (tertiary/aromatic N) is 1. The van der Waals surface area contributed by atoms with Gasteiger partial charge in [0.2, 0.25) is 5.91 Å². The first-order chi connectivity index (χ1) is 14.9. The number of para-hydroxylation sites is 1. The fourth-order valence-corrected chi connectivity index (χ4v) is 3.68. The van der Waals surface area contributed by atoms with Gasteiger partial charge < -0.3 is 15.5 Å². The Kier molecular flexibility index (Phi) is 7.08. The van der Waals surface area contributed by atoms with Crippen LogP contribution in [0, 0.1) is 20.8 Å². The Balaban J connectivity index is 1.60. The highest BCUT2D eigenvalue weighted by atomic mass is 16.2. The van der Waals surface area contributed by atoms with Gasteiger partial charge >= 0.3 is 0 Å². The van der Waals surface area contributed by atoms with Crippen molar-refractivity contribution in [2.24, 2.45) is 0 Å². The molecule has 0 aliphatic carbocycles. The third-order valence-electron chi connectivity index (χ3n) is 5.16. The summed E-state index contributed by atoms with van der Waals surface area (Å²) in [5.41, 5.74) is 6.39. The van der Waals surface area contributed by atoms with Crippen molar-refractivity contribution in [2.75, 3.05) is 28.6 Å². The number of carbonyl (C=O) groups is 2. The molecule has 5 nitrogen and oxygen atoms in total. The molecule has 0 saturated heterocycles. The van der Waals surface area contributed by atoms with Gasteiger partial charge in [0, 0.05) is 29.2 Å². The molecule has 160 valence electrons. The SMILES string of the molecule is CCN(C(=O)c1ccc(NCC(=O)Nc2c(C)cc(C)cc2C)cc1)c1ccccc1. The maximum Gasteiger partial charge on any atom is 0.258 e. The summed E-state index contributed by atoms with van der Waals surface area (Å²) < 4.78 is 0. The molecule has 3 rings (SSSR count). The molecular weight excluding hydrogens is 386 g/mol. The zero-order chi connectivity index (χ0) is 22.4. The Bertz CT molecular complexity index is 1040. The Hall–Kier alpha value is -3.60. The molecule has 0 aliphatic rings. The van der Waals surface area contributed by atoms with Gasteiger partial charge in [-0.3, -0.25) is 9.59 Å². The molecule has 0 aromatic heterocycles. The van der Waals surface area contributed by atoms with Crippen LogP contribution in [0.15, 0.2) is 66.7 Å². The summed E-state index contributed by atoms with van der Waals surface area (Å²) in [7, 11) is 0. The Labute approximate surface area is 184 Å². The van der Waals surface area contributed by atoms with E-state index in [9.17, 15) is 9.59 Å². The summed E-state index contributed by atoms with van der Waals surface area (Å²) in [6.07, 6.45) is 0. The second-order valence-corrected chi connectivity index (χ2v) is 7.64. The Morgan fingerprint density at radius 3 is 2.06 bits per heavy atom. The number of hydrogen-bond acceptors (Lipinski definition) is 3. The first-order valence-electron chi connectivity index (χ1n) is 10.5.